The predicted molar refractivity (Wildman–Crippen MR) is 148 cm³/mol. The minimum Gasteiger partial charge on any atom is -0.497 e. The van der Waals surface area contributed by atoms with Crippen LogP contribution in [0.4, 0.5) is 0 Å². The van der Waals surface area contributed by atoms with Gasteiger partial charge in [-0.05, 0) is 47.7 Å². The Kier molecular flexibility index (Phi) is 10.9. The van der Waals surface area contributed by atoms with Crippen molar-refractivity contribution in [3.63, 3.8) is 0 Å². The molecule has 2 amide bonds. The number of carbonyl (C=O) groups is 2. The molecule has 0 saturated heterocycles. The Morgan fingerprint density at radius 3 is 2.31 bits per heavy atom. The van der Waals surface area contributed by atoms with Crippen LogP contribution >= 0.6 is 11.8 Å². The summed E-state index contributed by atoms with van der Waals surface area (Å²) >= 11 is 1.56. The van der Waals surface area contributed by atoms with Crippen molar-refractivity contribution in [1.82, 2.24) is 10.2 Å². The zero-order chi connectivity index (χ0) is 25.8. The summed E-state index contributed by atoms with van der Waals surface area (Å²) in [6.07, 6.45) is 1.31. The third kappa shape index (κ3) is 8.16. The summed E-state index contributed by atoms with van der Waals surface area (Å²) in [4.78, 5) is 28.8. The molecule has 3 aromatic rings. The van der Waals surface area contributed by atoms with Crippen molar-refractivity contribution in [3.05, 3.63) is 101 Å². The first-order chi connectivity index (χ1) is 17.5. The van der Waals surface area contributed by atoms with E-state index in [0.29, 0.717) is 31.0 Å². The molecule has 0 radical (unpaired) electrons. The van der Waals surface area contributed by atoms with Gasteiger partial charge in [0.1, 0.15) is 11.8 Å². The Morgan fingerprint density at radius 1 is 0.944 bits per heavy atom. The topological polar surface area (TPSA) is 58.6 Å². The number of hydrogen-bond donors (Lipinski definition) is 1. The summed E-state index contributed by atoms with van der Waals surface area (Å²) in [5, 5.41) is 3.03. The second-order valence-electron chi connectivity index (χ2n) is 8.79. The lowest BCUT2D eigenvalue weighted by Gasteiger charge is -2.32. The van der Waals surface area contributed by atoms with E-state index < -0.39 is 6.04 Å². The molecule has 0 unspecified atom stereocenters. The molecule has 6 heteroatoms. The third-order valence-electron chi connectivity index (χ3n) is 6.08. The van der Waals surface area contributed by atoms with Crippen molar-refractivity contribution >= 4 is 23.6 Å². The molecule has 3 aromatic carbocycles. The van der Waals surface area contributed by atoms with Crippen LogP contribution in [0.1, 0.15) is 35.6 Å². The number of carbonyl (C=O) groups excluding carboxylic acids is 2. The number of thioether (sulfide) groups is 1. The number of nitrogens with one attached hydrogen (secondary N) is 1. The maximum absolute atomic E-state index is 13.7. The van der Waals surface area contributed by atoms with Crippen molar-refractivity contribution in [1.29, 1.82) is 0 Å². The lowest BCUT2D eigenvalue weighted by molar-refractivity contribution is -0.139. The number of amides is 2. The number of benzene rings is 3. The number of methoxy groups -OCH3 is 1. The highest BCUT2D eigenvalue weighted by atomic mass is 32.2. The molecule has 0 aromatic heterocycles. The summed E-state index contributed by atoms with van der Waals surface area (Å²) in [5.41, 5.74) is 4.31. The average Bonchev–Trinajstić information content (AvgIpc) is 2.91. The van der Waals surface area contributed by atoms with E-state index in [2.05, 4.69) is 5.32 Å². The van der Waals surface area contributed by atoms with Gasteiger partial charge in [-0.25, -0.2) is 0 Å². The Morgan fingerprint density at radius 2 is 1.64 bits per heavy atom. The summed E-state index contributed by atoms with van der Waals surface area (Å²) in [6, 6.07) is 25.2. The van der Waals surface area contributed by atoms with Crippen LogP contribution in [0.25, 0.3) is 0 Å². The van der Waals surface area contributed by atoms with Crippen LogP contribution < -0.4 is 10.1 Å². The zero-order valence-corrected chi connectivity index (χ0v) is 22.2. The average molecular weight is 505 g/mol. The van der Waals surface area contributed by atoms with Gasteiger partial charge in [0, 0.05) is 25.3 Å². The smallest absolute Gasteiger partial charge is 0.243 e. The van der Waals surface area contributed by atoms with Gasteiger partial charge in [0.25, 0.3) is 0 Å². The van der Waals surface area contributed by atoms with Gasteiger partial charge in [0.2, 0.25) is 11.8 Å². The molecule has 0 heterocycles. The van der Waals surface area contributed by atoms with Gasteiger partial charge in [-0.2, -0.15) is 0 Å². The van der Waals surface area contributed by atoms with Crippen molar-refractivity contribution < 1.29 is 14.3 Å². The van der Waals surface area contributed by atoms with Crippen LogP contribution in [-0.4, -0.2) is 42.2 Å². The van der Waals surface area contributed by atoms with Gasteiger partial charge < -0.3 is 15.0 Å². The van der Waals surface area contributed by atoms with E-state index in [1.807, 2.05) is 92.7 Å². The van der Waals surface area contributed by atoms with E-state index in [9.17, 15) is 9.59 Å². The van der Waals surface area contributed by atoms with Crippen LogP contribution in [0.3, 0.4) is 0 Å². The molecule has 0 aliphatic rings. The summed E-state index contributed by atoms with van der Waals surface area (Å²) in [7, 11) is 1.65. The van der Waals surface area contributed by atoms with Gasteiger partial charge in [0.05, 0.1) is 12.9 Å². The molecule has 1 atom stereocenters. The normalized spacial score (nSPS) is 11.5. The van der Waals surface area contributed by atoms with Crippen LogP contribution in [0.2, 0.25) is 0 Å². The highest BCUT2D eigenvalue weighted by molar-refractivity contribution is 7.99. The number of nitrogens with zero attached hydrogens (tertiary/aromatic N) is 1. The molecule has 0 spiro atoms. The first-order valence-electron chi connectivity index (χ1n) is 12.4. The largest absolute Gasteiger partial charge is 0.497 e. The molecule has 190 valence electrons. The lowest BCUT2D eigenvalue weighted by atomic mass is 10.0. The number of hydrogen-bond acceptors (Lipinski definition) is 4. The van der Waals surface area contributed by atoms with Crippen molar-refractivity contribution in [2.45, 2.75) is 45.0 Å². The zero-order valence-electron chi connectivity index (χ0n) is 21.4. The lowest BCUT2D eigenvalue weighted by Crippen LogP contribution is -2.51. The van der Waals surface area contributed by atoms with Crippen molar-refractivity contribution in [2.75, 3.05) is 19.4 Å². The standard InChI is InChI=1S/C30H36N2O3S/c1-4-18-31-30(34)28(19-24-11-6-5-7-12-24)32(20-26-13-9-8-10-23(26)2)29(33)22-36-21-25-14-16-27(35-3)17-15-25/h5-17,28H,4,18-22H2,1-3H3,(H,31,34)/t28-/m0/s1. The van der Waals surface area contributed by atoms with Gasteiger partial charge in [-0.3, -0.25) is 9.59 Å². The molecule has 5 nitrogen and oxygen atoms in total. The molecule has 0 fully saturated rings. The van der Waals surface area contributed by atoms with E-state index in [-0.39, 0.29) is 11.8 Å². The summed E-state index contributed by atoms with van der Waals surface area (Å²) < 4.78 is 5.23. The quantitative estimate of drug-likeness (QED) is 0.338. The van der Waals surface area contributed by atoms with E-state index >= 15 is 0 Å². The number of aryl methyl sites for hydroxylation is 1. The molecule has 0 aliphatic carbocycles. The number of ether oxygens (including phenoxy) is 1. The molecule has 0 saturated carbocycles. The molecular weight excluding hydrogens is 468 g/mol. The minimum absolute atomic E-state index is 0.0376. The van der Waals surface area contributed by atoms with Crippen LogP contribution in [0, 0.1) is 6.92 Å². The summed E-state index contributed by atoms with van der Waals surface area (Å²) in [6.45, 7) is 5.05. The highest BCUT2D eigenvalue weighted by Crippen LogP contribution is 2.21. The van der Waals surface area contributed by atoms with Gasteiger partial charge in [0.15, 0.2) is 0 Å². The molecule has 3 rings (SSSR count). The van der Waals surface area contributed by atoms with Crippen LogP contribution in [0.15, 0.2) is 78.9 Å². The number of rotatable bonds is 13. The van der Waals surface area contributed by atoms with Gasteiger partial charge in [-0.1, -0.05) is 73.7 Å². The highest BCUT2D eigenvalue weighted by Gasteiger charge is 2.30. The Hall–Kier alpha value is -3.25. The Balaban J connectivity index is 1.82. The monoisotopic (exact) mass is 504 g/mol. The Labute approximate surface area is 219 Å². The third-order valence-corrected chi connectivity index (χ3v) is 7.06. The molecule has 0 bridgehead atoms. The van der Waals surface area contributed by atoms with Crippen molar-refractivity contribution in [3.8, 4) is 5.75 Å². The van der Waals surface area contributed by atoms with E-state index in [0.717, 1.165) is 34.4 Å². The molecule has 1 N–H and O–H groups in total. The first-order valence-corrected chi connectivity index (χ1v) is 13.5. The van der Waals surface area contributed by atoms with Gasteiger partial charge >= 0.3 is 0 Å². The predicted octanol–water partition coefficient (Wildman–Crippen LogP) is 5.40. The maximum atomic E-state index is 13.7. The SMILES string of the molecule is CCCNC(=O)[C@H](Cc1ccccc1)N(Cc1ccccc1C)C(=O)CSCc1ccc(OC)cc1. The van der Waals surface area contributed by atoms with E-state index in [1.165, 1.54) is 0 Å². The summed E-state index contributed by atoms with van der Waals surface area (Å²) in [5.74, 6) is 1.67. The Bertz CT molecular complexity index is 1100. The fraction of sp³-hybridized carbons (Fsp3) is 0.333. The second-order valence-corrected chi connectivity index (χ2v) is 9.77. The first kappa shape index (κ1) is 27.3. The minimum atomic E-state index is -0.590. The van der Waals surface area contributed by atoms with Crippen LogP contribution in [0.5, 0.6) is 5.75 Å². The molecule has 0 aliphatic heterocycles. The molecular formula is C30H36N2O3S. The second kappa shape index (κ2) is 14.3. The fourth-order valence-electron chi connectivity index (χ4n) is 3.95. The fourth-order valence-corrected chi connectivity index (χ4v) is 4.82. The van der Waals surface area contributed by atoms with Crippen LogP contribution in [-0.2, 0) is 28.3 Å². The van der Waals surface area contributed by atoms with Gasteiger partial charge in [-0.15, -0.1) is 11.8 Å². The van der Waals surface area contributed by atoms with E-state index in [4.69, 9.17) is 4.74 Å². The van der Waals surface area contributed by atoms with Crippen molar-refractivity contribution in [2.24, 2.45) is 0 Å². The maximum Gasteiger partial charge on any atom is 0.243 e. The van der Waals surface area contributed by atoms with E-state index in [1.54, 1.807) is 23.8 Å². The molecule has 36 heavy (non-hydrogen) atoms.